The number of ketones is 1. The second-order valence-corrected chi connectivity index (χ2v) is 2.96. The summed E-state index contributed by atoms with van der Waals surface area (Å²) in [5, 5.41) is 0. The van der Waals surface area contributed by atoms with Gasteiger partial charge in [0.2, 0.25) is 0 Å². The number of carbonyl (C=O) groups excluding carboxylic acids is 3. The maximum absolute atomic E-state index is 11.0. The van der Waals surface area contributed by atoms with E-state index in [0.29, 0.717) is 12.8 Å². The Bertz CT molecular complexity index is 245. The molecule has 0 spiro atoms. The zero-order valence-electron chi connectivity index (χ0n) is 11.1. The van der Waals surface area contributed by atoms with Crippen molar-refractivity contribution < 1.29 is 54.8 Å². The third kappa shape index (κ3) is 8.88. The third-order valence-corrected chi connectivity index (χ3v) is 1.44. The monoisotopic (exact) mass is 240 g/mol. The molecule has 0 heterocycles. The summed E-state index contributed by atoms with van der Waals surface area (Å²) in [7, 11) is 0. The molecule has 0 bridgehead atoms. The Balaban J connectivity index is -0.000000980. The summed E-state index contributed by atoms with van der Waals surface area (Å²) in [6.07, 6.45) is 0.780. The zero-order chi connectivity index (χ0) is 11.7. The molecule has 0 N–H and O–H groups in total. The molecule has 0 aromatic heterocycles. The van der Waals surface area contributed by atoms with Gasteiger partial charge in [0.25, 0.3) is 5.78 Å². The van der Waals surface area contributed by atoms with Crippen LogP contribution in [0.25, 0.3) is 0 Å². The molecule has 0 fully saturated rings. The molecular weight excluding hydrogens is 223 g/mol. The summed E-state index contributed by atoms with van der Waals surface area (Å²) >= 11 is 0. The minimum absolute atomic E-state index is 0. The van der Waals surface area contributed by atoms with Crippen molar-refractivity contribution in [3.05, 3.63) is 0 Å². The van der Waals surface area contributed by atoms with E-state index >= 15 is 0 Å². The summed E-state index contributed by atoms with van der Waals surface area (Å²) in [6, 6.07) is 0. The van der Waals surface area contributed by atoms with Crippen LogP contribution in [0.5, 0.6) is 0 Å². The fourth-order valence-corrected chi connectivity index (χ4v) is 0.745. The van der Waals surface area contributed by atoms with Gasteiger partial charge in [-0.05, 0) is 12.8 Å². The topological polar surface area (TPSA) is 69.7 Å². The second-order valence-electron chi connectivity index (χ2n) is 2.96. The molecule has 88 valence electrons. The number of carbonyl (C=O) groups is 3. The summed E-state index contributed by atoms with van der Waals surface area (Å²) in [6.45, 7) is 4.10. The van der Waals surface area contributed by atoms with Crippen LogP contribution in [0.2, 0.25) is 0 Å². The van der Waals surface area contributed by atoms with E-state index in [1.165, 1.54) is 0 Å². The van der Waals surface area contributed by atoms with Gasteiger partial charge in [-0.15, -0.1) is 0 Å². The van der Waals surface area contributed by atoms with E-state index in [-0.39, 0.29) is 44.2 Å². The predicted octanol–water partition coefficient (Wildman–Crippen LogP) is -2.03. The number of hydrogen-bond donors (Lipinski definition) is 0. The first-order valence-corrected chi connectivity index (χ1v) is 4.97. The molecule has 6 heteroatoms. The average molecular weight is 240 g/mol. The van der Waals surface area contributed by atoms with Crippen molar-refractivity contribution in [3.8, 4) is 0 Å². The quantitative estimate of drug-likeness (QED) is 0.222. The summed E-state index contributed by atoms with van der Waals surface area (Å²) in [5.41, 5.74) is 0. The van der Waals surface area contributed by atoms with Crippen LogP contribution in [0.4, 0.5) is 0 Å². The average Bonchev–Trinajstić information content (AvgIpc) is 2.22. The first kappa shape index (κ1) is 18.0. The molecule has 0 amide bonds. The largest absolute Gasteiger partial charge is 1.00 e. The van der Waals surface area contributed by atoms with Gasteiger partial charge in [0.1, 0.15) is 6.42 Å². The van der Waals surface area contributed by atoms with Gasteiger partial charge < -0.3 is 10.9 Å². The van der Waals surface area contributed by atoms with Crippen molar-refractivity contribution in [3.63, 3.8) is 0 Å². The van der Waals surface area contributed by atoms with Crippen molar-refractivity contribution in [2.24, 2.45) is 0 Å². The van der Waals surface area contributed by atoms with E-state index in [0.717, 1.165) is 0 Å². The fraction of sp³-hybridized carbons (Fsp3) is 0.700. The maximum atomic E-state index is 11.0. The van der Waals surface area contributed by atoms with E-state index in [1.807, 2.05) is 13.8 Å². The molecule has 0 aromatic rings. The Kier molecular flexibility index (Phi) is 12.5. The van der Waals surface area contributed by atoms with E-state index in [1.54, 1.807) is 0 Å². The van der Waals surface area contributed by atoms with Crippen LogP contribution < -0.4 is 29.6 Å². The minimum atomic E-state index is -0.967. The minimum Gasteiger partial charge on any atom is -1.00 e. The van der Waals surface area contributed by atoms with Crippen LogP contribution in [0, 0.1) is 0 Å². The number of esters is 2. The van der Waals surface area contributed by atoms with Gasteiger partial charge in [0.15, 0.2) is 0 Å². The van der Waals surface area contributed by atoms with Gasteiger partial charge in [-0.3, -0.25) is 9.59 Å². The molecule has 0 aliphatic carbocycles. The number of rotatable bonds is 7. The van der Waals surface area contributed by atoms with Crippen LogP contribution in [-0.2, 0) is 23.9 Å². The molecule has 16 heavy (non-hydrogen) atoms. The van der Waals surface area contributed by atoms with E-state index in [2.05, 4.69) is 9.47 Å². The van der Waals surface area contributed by atoms with Crippen LogP contribution >= 0.6 is 0 Å². The van der Waals surface area contributed by atoms with Gasteiger partial charge in [0, 0.05) is 0 Å². The number of hydrogen-bond acceptors (Lipinski definition) is 5. The van der Waals surface area contributed by atoms with Crippen molar-refractivity contribution in [2.75, 3.05) is 13.2 Å². The Hall–Kier alpha value is -0.390. The van der Waals surface area contributed by atoms with Gasteiger partial charge in [-0.1, -0.05) is 13.8 Å². The first-order valence-electron chi connectivity index (χ1n) is 4.97. The van der Waals surface area contributed by atoms with Crippen LogP contribution in [0.15, 0.2) is 0 Å². The molecule has 0 saturated carbocycles. The Morgan fingerprint density at radius 3 is 2.00 bits per heavy atom. The predicted molar refractivity (Wildman–Crippen MR) is 53.2 cm³/mol. The molecule has 5 nitrogen and oxygen atoms in total. The summed E-state index contributed by atoms with van der Waals surface area (Å²) in [4.78, 5) is 32.9. The normalized spacial score (nSPS) is 8.88. The van der Waals surface area contributed by atoms with E-state index in [9.17, 15) is 14.4 Å². The Labute approximate surface area is 119 Å². The standard InChI is InChI=1S/C10H16O5.Na.H/c1-3-5-14-9(12)7-8(11)10(13)15-6-4-2;;/h3-7H2,1-2H3;;/q;+1;-1. The molecule has 0 saturated heterocycles. The molecule has 0 rings (SSSR count). The molecule has 0 aromatic carbocycles. The molecule has 0 unspecified atom stereocenters. The van der Waals surface area contributed by atoms with Gasteiger partial charge >= 0.3 is 41.5 Å². The van der Waals surface area contributed by atoms with Crippen molar-refractivity contribution in [1.82, 2.24) is 0 Å². The molecular formula is C10H17NaO5. The fourth-order valence-electron chi connectivity index (χ4n) is 0.745. The van der Waals surface area contributed by atoms with Crippen molar-refractivity contribution >= 4 is 17.7 Å². The summed E-state index contributed by atoms with van der Waals surface area (Å²) in [5.74, 6) is -2.51. The van der Waals surface area contributed by atoms with Gasteiger partial charge in [0.05, 0.1) is 13.2 Å². The second kappa shape index (κ2) is 11.1. The van der Waals surface area contributed by atoms with Gasteiger partial charge in [-0.2, -0.15) is 0 Å². The molecule has 0 aliphatic rings. The van der Waals surface area contributed by atoms with Crippen LogP contribution in [0.1, 0.15) is 34.5 Å². The number of Topliss-reactive ketones (excluding diaryl/α,β-unsaturated/α-hetero) is 1. The Morgan fingerprint density at radius 1 is 1.00 bits per heavy atom. The maximum Gasteiger partial charge on any atom is 1.00 e. The first-order chi connectivity index (χ1) is 7.11. The SMILES string of the molecule is CCCOC(=O)CC(=O)C(=O)OCCC.[H-].[Na+]. The van der Waals surface area contributed by atoms with E-state index in [4.69, 9.17) is 0 Å². The van der Waals surface area contributed by atoms with Gasteiger partial charge in [-0.25, -0.2) is 4.79 Å². The van der Waals surface area contributed by atoms with Crippen LogP contribution in [-0.4, -0.2) is 30.9 Å². The summed E-state index contributed by atoms with van der Waals surface area (Å²) < 4.78 is 9.21. The third-order valence-electron chi connectivity index (χ3n) is 1.44. The van der Waals surface area contributed by atoms with E-state index < -0.39 is 24.1 Å². The smallest absolute Gasteiger partial charge is 1.00 e. The zero-order valence-corrected chi connectivity index (χ0v) is 12.1. The van der Waals surface area contributed by atoms with Crippen LogP contribution in [0.3, 0.4) is 0 Å². The van der Waals surface area contributed by atoms with Crippen molar-refractivity contribution in [1.29, 1.82) is 0 Å². The molecule has 0 aliphatic heterocycles. The molecule has 0 atom stereocenters. The molecule has 0 radical (unpaired) electrons. The van der Waals surface area contributed by atoms with Crippen molar-refractivity contribution in [2.45, 2.75) is 33.1 Å². The number of ether oxygens (including phenoxy) is 2. The Morgan fingerprint density at radius 2 is 1.50 bits per heavy atom.